The van der Waals surface area contributed by atoms with Crippen molar-refractivity contribution in [1.29, 1.82) is 0 Å². The number of likely N-dealkylation sites (tertiary alicyclic amines) is 1. The average molecular weight is 372 g/mol. The quantitative estimate of drug-likeness (QED) is 0.762. The summed E-state index contributed by atoms with van der Waals surface area (Å²) < 4.78 is 12.5. The molecule has 2 fully saturated rings. The second kappa shape index (κ2) is 7.17. The summed E-state index contributed by atoms with van der Waals surface area (Å²) in [5, 5.41) is 4.02. The molecule has 2 aromatic rings. The minimum atomic E-state index is -0.587. The van der Waals surface area contributed by atoms with Crippen LogP contribution in [-0.2, 0) is 20.9 Å². The first-order valence-corrected chi connectivity index (χ1v) is 9.44. The van der Waals surface area contributed by atoms with Crippen molar-refractivity contribution in [2.45, 2.75) is 58.1 Å². The van der Waals surface area contributed by atoms with E-state index in [9.17, 15) is 9.59 Å². The Kier molecular flexibility index (Phi) is 4.72. The largest absolute Gasteiger partial charge is 0.452 e. The maximum atomic E-state index is 12.5. The molecule has 2 aliphatic heterocycles. The molecule has 0 aromatic carbocycles. The van der Waals surface area contributed by atoms with Crippen molar-refractivity contribution in [3.63, 3.8) is 0 Å². The van der Waals surface area contributed by atoms with Crippen LogP contribution < -0.4 is 0 Å². The van der Waals surface area contributed by atoms with Gasteiger partial charge in [0.05, 0.1) is 12.2 Å². The molecule has 0 spiro atoms. The third kappa shape index (κ3) is 3.48. The van der Waals surface area contributed by atoms with Gasteiger partial charge in [-0.2, -0.15) is 0 Å². The lowest BCUT2D eigenvalue weighted by atomic mass is 9.95. The number of esters is 1. The van der Waals surface area contributed by atoms with E-state index in [1.54, 1.807) is 0 Å². The number of piperidine rings is 1. The van der Waals surface area contributed by atoms with E-state index in [1.165, 1.54) is 0 Å². The van der Waals surface area contributed by atoms with Crippen LogP contribution >= 0.6 is 0 Å². The Hall–Kier alpha value is -2.64. The molecule has 2 aliphatic rings. The number of carbonyl (C=O) groups excluding carboxylic acids is 2. The van der Waals surface area contributed by atoms with Gasteiger partial charge in [0.25, 0.3) is 5.91 Å². The minimum Gasteiger partial charge on any atom is -0.452 e. The molecule has 1 unspecified atom stereocenters. The van der Waals surface area contributed by atoms with Gasteiger partial charge >= 0.3 is 5.97 Å². The first kappa shape index (κ1) is 17.8. The monoisotopic (exact) mass is 372 g/mol. The fourth-order valence-electron chi connectivity index (χ4n) is 3.97. The van der Waals surface area contributed by atoms with Gasteiger partial charge in [0.1, 0.15) is 11.6 Å². The Morgan fingerprint density at radius 1 is 1.26 bits per heavy atom. The number of hydrogen-bond acceptors (Lipinski definition) is 6. The van der Waals surface area contributed by atoms with Crippen LogP contribution in [0.3, 0.4) is 0 Å². The number of hydrogen-bond donors (Lipinski definition) is 0. The highest BCUT2D eigenvalue weighted by Crippen LogP contribution is 2.29. The van der Waals surface area contributed by atoms with Crippen molar-refractivity contribution >= 4 is 11.9 Å². The molecule has 8 nitrogen and oxygen atoms in total. The van der Waals surface area contributed by atoms with Gasteiger partial charge in [-0.15, -0.1) is 0 Å². The maximum Gasteiger partial charge on any atom is 0.306 e. The molecule has 1 amide bonds. The predicted molar refractivity (Wildman–Crippen MR) is 95.0 cm³/mol. The van der Waals surface area contributed by atoms with E-state index in [-0.39, 0.29) is 11.9 Å². The van der Waals surface area contributed by atoms with Crippen LogP contribution in [0.4, 0.5) is 0 Å². The highest BCUT2D eigenvalue weighted by Gasteiger charge is 2.35. The normalized spacial score (nSPS) is 20.9. The van der Waals surface area contributed by atoms with Gasteiger partial charge in [-0.25, -0.2) is 4.98 Å². The molecule has 0 aliphatic carbocycles. The van der Waals surface area contributed by atoms with Crippen LogP contribution in [0.2, 0.25) is 0 Å². The smallest absolute Gasteiger partial charge is 0.306 e. The molecule has 0 N–H and O–H groups in total. The number of nitrogens with zero attached hydrogens (tertiary/aromatic N) is 4. The Morgan fingerprint density at radius 2 is 2.04 bits per heavy atom. The SMILES string of the molecule is Cc1noc(C)c1Cn1ccnc1C1CCN(C(=O)C2CCC(=O)O2)CC1. The summed E-state index contributed by atoms with van der Waals surface area (Å²) in [6.07, 6.45) is 5.76. The highest BCUT2D eigenvalue weighted by molar-refractivity contribution is 5.86. The van der Waals surface area contributed by atoms with Crippen LogP contribution in [0, 0.1) is 13.8 Å². The van der Waals surface area contributed by atoms with E-state index >= 15 is 0 Å². The summed E-state index contributed by atoms with van der Waals surface area (Å²) in [7, 11) is 0. The summed E-state index contributed by atoms with van der Waals surface area (Å²) in [5.74, 6) is 1.84. The molecule has 0 radical (unpaired) electrons. The van der Waals surface area contributed by atoms with E-state index in [4.69, 9.17) is 9.26 Å². The zero-order chi connectivity index (χ0) is 19.0. The van der Waals surface area contributed by atoms with Gasteiger partial charge in [0, 0.05) is 49.8 Å². The molecule has 0 saturated carbocycles. The number of cyclic esters (lactones) is 1. The molecule has 8 heteroatoms. The molecule has 0 bridgehead atoms. The Morgan fingerprint density at radius 3 is 2.67 bits per heavy atom. The fraction of sp³-hybridized carbons (Fsp3) is 0.579. The summed E-state index contributed by atoms with van der Waals surface area (Å²) in [6, 6.07) is 0. The molecular formula is C19H24N4O4. The summed E-state index contributed by atoms with van der Waals surface area (Å²) in [5.41, 5.74) is 1.99. The molecule has 4 rings (SSSR count). The summed E-state index contributed by atoms with van der Waals surface area (Å²) in [6.45, 7) is 5.88. The number of ether oxygens (including phenoxy) is 1. The molecule has 27 heavy (non-hydrogen) atoms. The molecule has 2 aromatic heterocycles. The number of rotatable bonds is 4. The number of aryl methyl sites for hydroxylation is 2. The predicted octanol–water partition coefficient (Wildman–Crippen LogP) is 1.95. The lowest BCUT2D eigenvalue weighted by molar-refractivity contribution is -0.153. The zero-order valence-electron chi connectivity index (χ0n) is 15.7. The standard InChI is InChI=1S/C19H24N4O4/c1-12-15(13(2)27-21-12)11-23-10-7-20-18(23)14-5-8-22(9-6-14)19(25)16-3-4-17(24)26-16/h7,10,14,16H,3-6,8-9,11H2,1-2H3. The van der Waals surface area contributed by atoms with Crippen LogP contribution in [0.1, 0.15) is 54.4 Å². The molecule has 2 saturated heterocycles. The van der Waals surface area contributed by atoms with Gasteiger partial charge in [0.15, 0.2) is 6.10 Å². The number of aromatic nitrogens is 3. The average Bonchev–Trinajstić information content (AvgIpc) is 3.39. The first-order valence-electron chi connectivity index (χ1n) is 9.44. The third-order valence-corrected chi connectivity index (χ3v) is 5.59. The van der Waals surface area contributed by atoms with E-state index in [0.717, 1.165) is 35.7 Å². The van der Waals surface area contributed by atoms with Gasteiger partial charge in [0.2, 0.25) is 0 Å². The van der Waals surface area contributed by atoms with Gasteiger partial charge in [-0.3, -0.25) is 9.59 Å². The molecular weight excluding hydrogens is 348 g/mol. The van der Waals surface area contributed by atoms with Crippen LogP contribution in [0.25, 0.3) is 0 Å². The van der Waals surface area contributed by atoms with E-state index in [2.05, 4.69) is 14.7 Å². The number of amides is 1. The lowest BCUT2D eigenvalue weighted by Gasteiger charge is -2.33. The molecule has 144 valence electrons. The van der Waals surface area contributed by atoms with Gasteiger partial charge in [-0.1, -0.05) is 5.16 Å². The zero-order valence-corrected chi connectivity index (χ0v) is 15.7. The van der Waals surface area contributed by atoms with Crippen molar-refractivity contribution in [2.24, 2.45) is 0 Å². The van der Waals surface area contributed by atoms with Crippen molar-refractivity contribution in [3.8, 4) is 0 Å². The van der Waals surface area contributed by atoms with Gasteiger partial charge in [-0.05, 0) is 26.7 Å². The van der Waals surface area contributed by atoms with Crippen molar-refractivity contribution in [1.82, 2.24) is 19.6 Å². The lowest BCUT2D eigenvalue weighted by Crippen LogP contribution is -2.43. The summed E-state index contributed by atoms with van der Waals surface area (Å²) >= 11 is 0. The molecule has 1 atom stereocenters. The van der Waals surface area contributed by atoms with E-state index < -0.39 is 6.10 Å². The maximum absolute atomic E-state index is 12.5. The van der Waals surface area contributed by atoms with Crippen LogP contribution in [-0.4, -0.2) is 50.7 Å². The number of imidazole rings is 1. The Labute approximate surface area is 157 Å². The van der Waals surface area contributed by atoms with E-state index in [1.807, 2.05) is 31.1 Å². The number of carbonyl (C=O) groups is 2. The van der Waals surface area contributed by atoms with Crippen LogP contribution in [0.15, 0.2) is 16.9 Å². The Bertz CT molecular complexity index is 828. The highest BCUT2D eigenvalue weighted by atomic mass is 16.6. The fourth-order valence-corrected chi connectivity index (χ4v) is 3.97. The molecule has 4 heterocycles. The topological polar surface area (TPSA) is 90.5 Å². The van der Waals surface area contributed by atoms with Gasteiger partial charge < -0.3 is 18.7 Å². The summed E-state index contributed by atoms with van der Waals surface area (Å²) in [4.78, 5) is 30.1. The van der Waals surface area contributed by atoms with Crippen molar-refractivity contribution < 1.29 is 18.8 Å². The third-order valence-electron chi connectivity index (χ3n) is 5.59. The minimum absolute atomic E-state index is 0.0571. The Balaban J connectivity index is 1.40. The van der Waals surface area contributed by atoms with E-state index in [0.29, 0.717) is 38.4 Å². The van der Waals surface area contributed by atoms with Crippen molar-refractivity contribution in [3.05, 3.63) is 35.2 Å². The van der Waals surface area contributed by atoms with Crippen LogP contribution in [0.5, 0.6) is 0 Å². The van der Waals surface area contributed by atoms with Crippen molar-refractivity contribution in [2.75, 3.05) is 13.1 Å². The second-order valence-corrected chi connectivity index (χ2v) is 7.33. The second-order valence-electron chi connectivity index (χ2n) is 7.33. The first-order chi connectivity index (χ1) is 13.0.